The Morgan fingerprint density at radius 1 is 0.442 bits per heavy atom. The van der Waals surface area contributed by atoms with Crippen LogP contribution in [0.1, 0.15) is 136 Å². The molecule has 5 heterocycles. The van der Waals surface area contributed by atoms with Crippen LogP contribution in [0.3, 0.4) is 0 Å². The van der Waals surface area contributed by atoms with Gasteiger partial charge in [-0.15, -0.1) is 0 Å². The second-order valence-electron chi connectivity index (χ2n) is 9.15. The molecule has 0 aliphatic carbocycles. The van der Waals surface area contributed by atoms with Crippen LogP contribution in [0.25, 0.3) is 46.9 Å². The van der Waals surface area contributed by atoms with Gasteiger partial charge in [-0.3, -0.25) is 0 Å². The molecule has 0 fully saturated rings. The molecule has 43 heavy (non-hydrogen) atoms. The third kappa shape index (κ3) is 17.4. The zero-order valence-corrected chi connectivity index (χ0v) is 28.8. The van der Waals surface area contributed by atoms with Gasteiger partial charge in [0.1, 0.15) is 0 Å². The molecule has 3 aromatic heterocycles. The number of aromatic nitrogens is 8. The van der Waals surface area contributed by atoms with Gasteiger partial charge in [0.25, 0.3) is 0 Å². The number of hydrogen-bond donors (Lipinski definition) is 0. The van der Waals surface area contributed by atoms with Crippen LogP contribution in [-0.2, 0) is 21.0 Å². The second kappa shape index (κ2) is 26.3. The Hall–Kier alpha value is -3.30. The van der Waals surface area contributed by atoms with E-state index in [4.69, 9.17) is 3.67 Å². The molecule has 0 aromatic carbocycles. The monoisotopic (exact) mass is 625 g/mol. The summed E-state index contributed by atoms with van der Waals surface area (Å²) in [6.07, 6.45) is 19.3. The molecule has 10 heteroatoms. The molecule has 3 aromatic rings. The third-order valence-corrected chi connectivity index (χ3v) is 5.48. The van der Waals surface area contributed by atoms with Gasteiger partial charge < -0.3 is 29.9 Å². The van der Waals surface area contributed by atoms with Gasteiger partial charge in [0, 0.05) is 22.6 Å². The summed E-state index contributed by atoms with van der Waals surface area (Å²) >= 11 is 1.06. The number of fused-ring (bicyclic) bond motifs is 8. The summed E-state index contributed by atoms with van der Waals surface area (Å²) < 4.78 is 8.19. The molecule has 0 saturated carbocycles. The van der Waals surface area contributed by atoms with Crippen molar-refractivity contribution in [3.8, 4) is 0 Å². The summed E-state index contributed by atoms with van der Waals surface area (Å²) in [6.45, 7) is 17.3. The molecule has 233 valence electrons. The second-order valence-corrected chi connectivity index (χ2v) is 9.15. The molecular weight excluding hydrogens is 575 g/mol. The summed E-state index contributed by atoms with van der Waals surface area (Å²) in [4.78, 5) is 34.8. The number of hydrogen-bond acceptors (Lipinski definition) is 7. The van der Waals surface area contributed by atoms with E-state index in [0.29, 0.717) is 45.9 Å². The summed E-state index contributed by atoms with van der Waals surface area (Å²) in [5.41, 5.74) is 2.15. The fraction of sp³-hybridized carbons (Fsp3) is 0.515. The van der Waals surface area contributed by atoms with Crippen molar-refractivity contribution in [1.29, 1.82) is 0 Å². The Morgan fingerprint density at radius 2 is 0.651 bits per heavy atom. The molecule has 0 spiro atoms. The van der Waals surface area contributed by atoms with Crippen molar-refractivity contribution in [2.75, 3.05) is 0 Å². The van der Waals surface area contributed by atoms with Crippen molar-refractivity contribution in [2.45, 2.75) is 113 Å². The standard InChI is InChI=1S/C16H8N8.3C5H12.C2H6.O.V/c1-2-10-17-9(1)21-11-3-4-13(18-11)23-15-7-8-16(20-15)24-14-6-5-12(19-14)22-10;3*1-3-5-4-2;1-2;;/h1-8H;3*3-5H2,1-2H3;1-2H3;;/q-2;;;;;;+2. The van der Waals surface area contributed by atoms with Gasteiger partial charge in [0.2, 0.25) is 0 Å². The van der Waals surface area contributed by atoms with Crippen LogP contribution in [0.15, 0.2) is 24.3 Å². The van der Waals surface area contributed by atoms with E-state index in [1.165, 1.54) is 57.8 Å². The van der Waals surface area contributed by atoms with Gasteiger partial charge in [-0.05, 0) is 48.6 Å². The third-order valence-electron chi connectivity index (χ3n) is 5.48. The minimum absolute atomic E-state index is 0.538. The van der Waals surface area contributed by atoms with Crippen LogP contribution in [-0.4, -0.2) is 29.9 Å². The van der Waals surface area contributed by atoms with E-state index >= 15 is 0 Å². The van der Waals surface area contributed by atoms with E-state index in [1.807, 2.05) is 13.8 Å². The molecule has 8 bridgehead atoms. The van der Waals surface area contributed by atoms with Gasteiger partial charge in [-0.1, -0.05) is 113 Å². The molecule has 0 atom stereocenters. The Morgan fingerprint density at radius 3 is 0.814 bits per heavy atom. The number of unbranched alkanes of at least 4 members (excludes halogenated alkanes) is 6. The van der Waals surface area contributed by atoms with Crippen LogP contribution in [0, 0.1) is 0 Å². The first-order valence-corrected chi connectivity index (χ1v) is 16.2. The quantitative estimate of drug-likeness (QED) is 0.182. The fourth-order valence-corrected chi connectivity index (χ4v) is 3.39. The van der Waals surface area contributed by atoms with Crippen molar-refractivity contribution in [1.82, 2.24) is 39.9 Å². The number of nitrogens with zero attached hydrogens (tertiary/aromatic N) is 8. The molecule has 2 aliphatic rings. The Bertz CT molecular complexity index is 1150. The average molecular weight is 626 g/mol. The first-order valence-electron chi connectivity index (χ1n) is 15.6. The van der Waals surface area contributed by atoms with Crippen molar-refractivity contribution in [3.05, 3.63) is 47.6 Å². The first-order chi connectivity index (χ1) is 21.0. The summed E-state index contributed by atoms with van der Waals surface area (Å²) in [6, 6.07) is 7.12. The van der Waals surface area contributed by atoms with Gasteiger partial charge in [0.05, 0.1) is 23.3 Å². The molecule has 5 rings (SSSR count). The number of rotatable bonds is 6. The fourth-order valence-electron chi connectivity index (χ4n) is 3.39. The zero-order valence-electron chi connectivity index (χ0n) is 27.4. The maximum absolute atomic E-state index is 8.19. The van der Waals surface area contributed by atoms with Crippen molar-refractivity contribution < 1.29 is 21.0 Å². The van der Waals surface area contributed by atoms with Crippen LogP contribution in [0.4, 0.5) is 0 Å². The van der Waals surface area contributed by atoms with Gasteiger partial charge in [-0.2, -0.15) is 0 Å². The van der Waals surface area contributed by atoms with Crippen molar-refractivity contribution >= 4 is 46.9 Å². The molecule has 0 amide bonds. The van der Waals surface area contributed by atoms with Crippen molar-refractivity contribution in [3.63, 3.8) is 0 Å². The van der Waals surface area contributed by atoms with Gasteiger partial charge >= 0.3 is 21.0 Å². The topological polar surface area (TPSA) is 123 Å². The molecule has 2 aliphatic heterocycles. The Labute approximate surface area is 267 Å². The van der Waals surface area contributed by atoms with Crippen molar-refractivity contribution in [2.24, 2.45) is 0 Å². The molecule has 0 saturated heterocycles. The Balaban J connectivity index is 0.000000772. The van der Waals surface area contributed by atoms with E-state index in [1.54, 1.807) is 48.6 Å². The predicted molar refractivity (Wildman–Crippen MR) is 176 cm³/mol. The summed E-state index contributed by atoms with van der Waals surface area (Å²) in [5, 5.41) is 0. The SMILES string of the molecule is C1=Cc2nc1nc1ccc(nc3nc(nc4ccc(n2)[n-]4)C=C3)[n-]1.CC.CCCCC.CCCCC.CCCCC.[O]=[V+2]. The first kappa shape index (κ1) is 39.7. The van der Waals surface area contributed by atoms with Gasteiger partial charge in [-0.25, -0.2) is 9.97 Å². The van der Waals surface area contributed by atoms with Gasteiger partial charge in [0.15, 0.2) is 0 Å². The Kier molecular flexibility index (Phi) is 24.3. The summed E-state index contributed by atoms with van der Waals surface area (Å²) in [5.74, 6) is 2.15. The van der Waals surface area contributed by atoms with Crippen LogP contribution < -0.4 is 9.97 Å². The van der Waals surface area contributed by atoms with E-state index in [0.717, 1.165) is 17.4 Å². The van der Waals surface area contributed by atoms with Crippen LogP contribution in [0.2, 0.25) is 0 Å². The normalized spacial score (nSPS) is 10.3. The van der Waals surface area contributed by atoms with E-state index in [-0.39, 0.29) is 0 Å². The average Bonchev–Trinajstić information content (AvgIpc) is 3.84. The van der Waals surface area contributed by atoms with Crippen LogP contribution >= 0.6 is 0 Å². The molecule has 9 nitrogen and oxygen atoms in total. The molecular formula is C33H50N8OV. The van der Waals surface area contributed by atoms with E-state index < -0.39 is 0 Å². The van der Waals surface area contributed by atoms with Crippen LogP contribution in [0.5, 0.6) is 0 Å². The molecule has 0 unspecified atom stereocenters. The zero-order chi connectivity index (χ0) is 32.3. The minimum atomic E-state index is 0.538. The van der Waals surface area contributed by atoms with E-state index in [9.17, 15) is 0 Å². The molecule has 0 N–H and O–H groups in total. The predicted octanol–water partition coefficient (Wildman–Crippen LogP) is 8.99. The molecule has 0 radical (unpaired) electrons. The maximum atomic E-state index is 8.19. The van der Waals surface area contributed by atoms with E-state index in [2.05, 4.69) is 81.4 Å². The summed E-state index contributed by atoms with van der Waals surface area (Å²) in [7, 11) is 0.